The monoisotopic (exact) mass is 287 g/mol. The van der Waals surface area contributed by atoms with E-state index in [4.69, 9.17) is 11.6 Å². The van der Waals surface area contributed by atoms with Crippen LogP contribution in [0.25, 0.3) is 0 Å². The summed E-state index contributed by atoms with van der Waals surface area (Å²) in [5, 5.41) is 0.129. The number of anilines is 1. The fourth-order valence-corrected chi connectivity index (χ4v) is 2.39. The molecular weight excluding hydrogens is 281 g/mol. The summed E-state index contributed by atoms with van der Waals surface area (Å²) in [6.45, 7) is 0. The second-order valence-electron chi connectivity index (χ2n) is 3.26. The maximum atomic E-state index is 13.4. The van der Waals surface area contributed by atoms with Gasteiger partial charge in [0.25, 0.3) is 10.0 Å². The topological polar surface area (TPSA) is 72.0 Å². The third-order valence-electron chi connectivity index (χ3n) is 1.99. The number of benzene rings is 1. The van der Waals surface area contributed by atoms with E-state index in [2.05, 4.69) is 14.7 Å². The van der Waals surface area contributed by atoms with Crippen molar-refractivity contribution in [3.63, 3.8) is 0 Å². The SMILES string of the molecule is O=S(=O)(Nc1cnc(Cl)cn1)c1ccccc1F. The van der Waals surface area contributed by atoms with E-state index in [-0.39, 0.29) is 11.0 Å². The van der Waals surface area contributed by atoms with E-state index in [1.165, 1.54) is 18.3 Å². The molecule has 0 aliphatic heterocycles. The van der Waals surface area contributed by atoms with Gasteiger partial charge >= 0.3 is 0 Å². The largest absolute Gasteiger partial charge is 0.266 e. The van der Waals surface area contributed by atoms with Crippen molar-refractivity contribution < 1.29 is 12.8 Å². The first-order chi connectivity index (χ1) is 8.49. The number of nitrogens with zero attached hydrogens (tertiary/aromatic N) is 2. The molecule has 0 aliphatic rings. The first-order valence-corrected chi connectivity index (χ1v) is 6.60. The highest BCUT2D eigenvalue weighted by Gasteiger charge is 2.18. The van der Waals surface area contributed by atoms with Crippen molar-refractivity contribution >= 4 is 27.4 Å². The maximum Gasteiger partial charge on any atom is 0.266 e. The van der Waals surface area contributed by atoms with Crippen molar-refractivity contribution in [3.05, 3.63) is 47.6 Å². The molecule has 0 atom stereocenters. The van der Waals surface area contributed by atoms with Gasteiger partial charge in [-0.1, -0.05) is 23.7 Å². The molecule has 0 saturated heterocycles. The molecule has 1 N–H and O–H groups in total. The number of nitrogens with one attached hydrogen (secondary N) is 1. The Hall–Kier alpha value is -1.73. The highest BCUT2D eigenvalue weighted by Crippen LogP contribution is 2.17. The number of sulfonamides is 1. The van der Waals surface area contributed by atoms with Crippen molar-refractivity contribution in [3.8, 4) is 0 Å². The number of rotatable bonds is 3. The van der Waals surface area contributed by atoms with Crippen molar-refractivity contribution in [2.45, 2.75) is 4.90 Å². The lowest BCUT2D eigenvalue weighted by Crippen LogP contribution is -2.15. The quantitative estimate of drug-likeness (QED) is 0.938. The fourth-order valence-electron chi connectivity index (χ4n) is 1.22. The Morgan fingerprint density at radius 3 is 2.50 bits per heavy atom. The minimum Gasteiger partial charge on any atom is -0.262 e. The lowest BCUT2D eigenvalue weighted by Gasteiger charge is -2.07. The van der Waals surface area contributed by atoms with E-state index in [0.29, 0.717) is 0 Å². The van der Waals surface area contributed by atoms with Crippen LogP contribution in [0, 0.1) is 5.82 Å². The number of halogens is 2. The van der Waals surface area contributed by atoms with Crippen molar-refractivity contribution in [1.82, 2.24) is 9.97 Å². The van der Waals surface area contributed by atoms with Crippen molar-refractivity contribution in [1.29, 1.82) is 0 Å². The van der Waals surface area contributed by atoms with Gasteiger partial charge in [-0.15, -0.1) is 0 Å². The predicted octanol–water partition coefficient (Wildman–Crippen LogP) is 2.07. The van der Waals surface area contributed by atoms with Crippen LogP contribution >= 0.6 is 11.6 Å². The molecule has 5 nitrogen and oxygen atoms in total. The number of hydrogen-bond donors (Lipinski definition) is 1. The lowest BCUT2D eigenvalue weighted by molar-refractivity contribution is 0.570. The van der Waals surface area contributed by atoms with Crippen LogP contribution in [0.1, 0.15) is 0 Å². The molecule has 0 saturated carbocycles. The Morgan fingerprint density at radius 2 is 1.89 bits per heavy atom. The molecule has 0 fully saturated rings. The second kappa shape index (κ2) is 4.87. The van der Waals surface area contributed by atoms with Gasteiger partial charge in [-0.25, -0.2) is 22.8 Å². The van der Waals surface area contributed by atoms with Gasteiger partial charge in [0.05, 0.1) is 12.4 Å². The van der Waals surface area contributed by atoms with Crippen LogP contribution in [0.5, 0.6) is 0 Å². The molecule has 0 bridgehead atoms. The lowest BCUT2D eigenvalue weighted by atomic mass is 10.4. The van der Waals surface area contributed by atoms with E-state index in [9.17, 15) is 12.8 Å². The molecule has 94 valence electrons. The van der Waals surface area contributed by atoms with Crippen LogP contribution < -0.4 is 4.72 Å². The van der Waals surface area contributed by atoms with Gasteiger partial charge in [-0.05, 0) is 12.1 Å². The molecule has 1 aromatic carbocycles. The van der Waals surface area contributed by atoms with E-state index in [1.807, 2.05) is 0 Å². The van der Waals surface area contributed by atoms with Crippen molar-refractivity contribution in [2.24, 2.45) is 0 Å². The summed E-state index contributed by atoms with van der Waals surface area (Å²) in [7, 11) is -4.03. The highest BCUT2D eigenvalue weighted by atomic mass is 35.5. The van der Waals surface area contributed by atoms with Gasteiger partial charge in [0.1, 0.15) is 15.9 Å². The fraction of sp³-hybridized carbons (Fsp3) is 0. The van der Waals surface area contributed by atoms with Crippen LogP contribution in [0.3, 0.4) is 0 Å². The first kappa shape index (κ1) is 12.7. The minimum absolute atomic E-state index is 0.0392. The van der Waals surface area contributed by atoms with Crippen LogP contribution in [-0.2, 0) is 10.0 Å². The zero-order valence-electron chi connectivity index (χ0n) is 8.84. The van der Waals surface area contributed by atoms with E-state index < -0.39 is 20.7 Å². The maximum absolute atomic E-state index is 13.4. The highest BCUT2D eigenvalue weighted by molar-refractivity contribution is 7.92. The average Bonchev–Trinajstić information content (AvgIpc) is 2.32. The molecule has 8 heteroatoms. The van der Waals surface area contributed by atoms with E-state index in [0.717, 1.165) is 18.3 Å². The summed E-state index contributed by atoms with van der Waals surface area (Å²) < 4.78 is 39.2. The number of aromatic nitrogens is 2. The molecule has 2 aromatic rings. The molecule has 0 amide bonds. The van der Waals surface area contributed by atoms with Crippen LogP contribution in [0.4, 0.5) is 10.2 Å². The summed E-state index contributed by atoms with van der Waals surface area (Å²) >= 11 is 5.51. The van der Waals surface area contributed by atoms with Crippen molar-refractivity contribution in [2.75, 3.05) is 4.72 Å². The summed E-state index contributed by atoms with van der Waals surface area (Å²) in [4.78, 5) is 6.92. The van der Waals surface area contributed by atoms with E-state index >= 15 is 0 Å². The molecular formula is C10H7ClFN3O2S. The minimum atomic E-state index is -4.03. The molecule has 1 heterocycles. The molecule has 2 rings (SSSR count). The average molecular weight is 288 g/mol. The Kier molecular flexibility index (Phi) is 3.44. The number of hydrogen-bond acceptors (Lipinski definition) is 4. The second-order valence-corrected chi connectivity index (χ2v) is 5.30. The third kappa shape index (κ3) is 2.74. The zero-order chi connectivity index (χ0) is 13.2. The molecule has 1 aromatic heterocycles. The Labute approximate surface area is 108 Å². The van der Waals surface area contributed by atoms with Crippen LogP contribution in [0.2, 0.25) is 5.15 Å². The summed E-state index contributed by atoms with van der Waals surface area (Å²) in [5.74, 6) is -0.880. The van der Waals surface area contributed by atoms with Gasteiger partial charge in [-0.3, -0.25) is 4.72 Å². The normalized spacial score (nSPS) is 11.2. The van der Waals surface area contributed by atoms with Gasteiger partial charge in [0.15, 0.2) is 5.82 Å². The van der Waals surface area contributed by atoms with E-state index in [1.54, 1.807) is 0 Å². The molecule has 0 radical (unpaired) electrons. The van der Waals surface area contributed by atoms with Gasteiger partial charge < -0.3 is 0 Å². The molecule has 0 unspecified atom stereocenters. The molecule has 0 aliphatic carbocycles. The van der Waals surface area contributed by atoms with Crippen LogP contribution in [0.15, 0.2) is 41.6 Å². The zero-order valence-corrected chi connectivity index (χ0v) is 10.4. The van der Waals surface area contributed by atoms with Gasteiger partial charge in [0.2, 0.25) is 0 Å². The molecule has 0 spiro atoms. The third-order valence-corrected chi connectivity index (χ3v) is 3.57. The summed E-state index contributed by atoms with van der Waals surface area (Å²) in [6, 6.07) is 5.03. The Bertz CT molecular complexity index is 661. The summed E-state index contributed by atoms with van der Waals surface area (Å²) in [5.41, 5.74) is 0. The summed E-state index contributed by atoms with van der Waals surface area (Å²) in [6.07, 6.45) is 2.32. The van der Waals surface area contributed by atoms with Gasteiger partial charge in [-0.2, -0.15) is 0 Å². The smallest absolute Gasteiger partial charge is 0.262 e. The Morgan fingerprint density at radius 1 is 1.17 bits per heavy atom. The predicted molar refractivity (Wildman–Crippen MR) is 64.3 cm³/mol. The van der Waals surface area contributed by atoms with Gasteiger partial charge in [0, 0.05) is 0 Å². The van der Waals surface area contributed by atoms with Crippen LogP contribution in [-0.4, -0.2) is 18.4 Å². The Balaban J connectivity index is 2.33. The first-order valence-electron chi connectivity index (χ1n) is 4.74. The standard InChI is InChI=1S/C10H7ClFN3O2S/c11-9-5-14-10(6-13-9)15-18(16,17)8-4-2-1-3-7(8)12/h1-6H,(H,14,15). The molecule has 18 heavy (non-hydrogen) atoms.